The predicted octanol–water partition coefficient (Wildman–Crippen LogP) is 0.267. The van der Waals surface area contributed by atoms with Crippen LogP contribution in [0.1, 0.15) is 29.6 Å². The van der Waals surface area contributed by atoms with Gasteiger partial charge >= 0.3 is 5.97 Å². The molecule has 0 spiro atoms. The molecular formula is C12H16N2O6S. The lowest BCUT2D eigenvalue weighted by Gasteiger charge is -2.38. The molecule has 0 unspecified atom stereocenters. The van der Waals surface area contributed by atoms with Crippen LogP contribution in [0.25, 0.3) is 0 Å². The van der Waals surface area contributed by atoms with Gasteiger partial charge in [0.2, 0.25) is 5.09 Å². The molecule has 1 saturated carbocycles. The number of sulfonamides is 1. The topological polar surface area (TPSA) is 117 Å². The van der Waals surface area contributed by atoms with Crippen LogP contribution in [-0.4, -0.2) is 49.3 Å². The smallest absolute Gasteiger partial charge is 0.329 e. The summed E-state index contributed by atoms with van der Waals surface area (Å²) in [6.07, 6.45) is 2.43. The van der Waals surface area contributed by atoms with Crippen molar-refractivity contribution in [3.05, 3.63) is 17.9 Å². The molecule has 1 aromatic heterocycles. The first kappa shape index (κ1) is 15.5. The van der Waals surface area contributed by atoms with Crippen molar-refractivity contribution in [2.75, 3.05) is 14.1 Å². The van der Waals surface area contributed by atoms with Crippen molar-refractivity contribution in [3.63, 3.8) is 0 Å². The summed E-state index contributed by atoms with van der Waals surface area (Å²) in [4.78, 5) is 23.2. The molecule has 8 nitrogen and oxygen atoms in total. The van der Waals surface area contributed by atoms with E-state index in [9.17, 15) is 18.0 Å². The highest BCUT2D eigenvalue weighted by molar-refractivity contribution is 7.88. The van der Waals surface area contributed by atoms with Crippen LogP contribution in [0.4, 0.5) is 0 Å². The first-order valence-corrected chi connectivity index (χ1v) is 7.70. The van der Waals surface area contributed by atoms with Crippen molar-refractivity contribution in [1.29, 1.82) is 0 Å². The van der Waals surface area contributed by atoms with Crippen molar-refractivity contribution in [2.24, 2.45) is 0 Å². The third kappa shape index (κ3) is 2.66. The zero-order chi connectivity index (χ0) is 15.8. The number of nitrogens with one attached hydrogen (secondary N) is 1. The minimum Gasteiger partial charge on any atom is -0.480 e. The van der Waals surface area contributed by atoms with E-state index < -0.39 is 27.4 Å². The van der Waals surface area contributed by atoms with Crippen LogP contribution in [-0.2, 0) is 14.8 Å². The number of carbonyl (C=O) groups is 2. The molecule has 21 heavy (non-hydrogen) atoms. The van der Waals surface area contributed by atoms with Gasteiger partial charge in [-0.2, -0.15) is 0 Å². The molecule has 0 aliphatic heterocycles. The molecule has 1 aromatic rings. The summed E-state index contributed by atoms with van der Waals surface area (Å²) in [6, 6.07) is 1.08. The summed E-state index contributed by atoms with van der Waals surface area (Å²) in [6.45, 7) is 0. The maximum Gasteiger partial charge on any atom is 0.329 e. The Morgan fingerprint density at radius 1 is 1.38 bits per heavy atom. The van der Waals surface area contributed by atoms with Crippen LogP contribution < -0.4 is 5.32 Å². The molecule has 1 aliphatic carbocycles. The van der Waals surface area contributed by atoms with Crippen LogP contribution in [0.3, 0.4) is 0 Å². The zero-order valence-corrected chi connectivity index (χ0v) is 12.4. The number of hydrogen-bond donors (Lipinski definition) is 2. The van der Waals surface area contributed by atoms with Crippen LogP contribution >= 0.6 is 0 Å². The summed E-state index contributed by atoms with van der Waals surface area (Å²) in [7, 11) is -1.09. The minimum absolute atomic E-state index is 0.0250. The second kappa shape index (κ2) is 5.15. The normalized spacial score (nSPS) is 17.3. The largest absolute Gasteiger partial charge is 0.480 e. The maximum atomic E-state index is 12.0. The van der Waals surface area contributed by atoms with Gasteiger partial charge in [-0.15, -0.1) is 0 Å². The Balaban J connectivity index is 2.19. The molecule has 0 radical (unpaired) electrons. The van der Waals surface area contributed by atoms with Gasteiger partial charge in [-0.3, -0.25) is 4.79 Å². The molecular weight excluding hydrogens is 300 g/mol. The SMILES string of the molecule is CN(C)S(=O)(=O)c1cc(C(=O)NC2(C(=O)O)CCC2)co1. The molecule has 1 fully saturated rings. The van der Waals surface area contributed by atoms with E-state index >= 15 is 0 Å². The van der Waals surface area contributed by atoms with Gasteiger partial charge in [-0.05, 0) is 19.3 Å². The van der Waals surface area contributed by atoms with Gasteiger partial charge in [0.15, 0.2) is 0 Å². The minimum atomic E-state index is -3.77. The zero-order valence-electron chi connectivity index (χ0n) is 11.6. The fourth-order valence-corrected chi connectivity index (χ4v) is 2.77. The molecule has 2 rings (SSSR count). The van der Waals surface area contributed by atoms with E-state index in [1.54, 1.807) is 0 Å². The summed E-state index contributed by atoms with van der Waals surface area (Å²) in [5.41, 5.74) is -1.28. The lowest BCUT2D eigenvalue weighted by Crippen LogP contribution is -2.59. The second-order valence-electron chi connectivity index (χ2n) is 5.14. The van der Waals surface area contributed by atoms with E-state index in [4.69, 9.17) is 9.52 Å². The summed E-state index contributed by atoms with van der Waals surface area (Å²) >= 11 is 0. The van der Waals surface area contributed by atoms with E-state index in [0.717, 1.165) is 23.1 Å². The van der Waals surface area contributed by atoms with Gasteiger partial charge in [0.05, 0.1) is 5.56 Å². The first-order valence-electron chi connectivity index (χ1n) is 6.26. The Morgan fingerprint density at radius 2 is 2.00 bits per heavy atom. The number of nitrogens with zero attached hydrogens (tertiary/aromatic N) is 1. The van der Waals surface area contributed by atoms with E-state index in [1.165, 1.54) is 14.1 Å². The highest BCUT2D eigenvalue weighted by atomic mass is 32.2. The summed E-state index contributed by atoms with van der Waals surface area (Å²) in [5.74, 6) is -1.76. The Morgan fingerprint density at radius 3 is 2.43 bits per heavy atom. The third-order valence-corrected chi connectivity index (χ3v) is 5.23. The molecule has 116 valence electrons. The van der Waals surface area contributed by atoms with Gasteiger partial charge in [0.25, 0.3) is 15.9 Å². The number of hydrogen-bond acceptors (Lipinski definition) is 5. The molecule has 0 aromatic carbocycles. The molecule has 0 atom stereocenters. The highest BCUT2D eigenvalue weighted by Crippen LogP contribution is 2.32. The van der Waals surface area contributed by atoms with Gasteiger partial charge < -0.3 is 14.8 Å². The van der Waals surface area contributed by atoms with E-state index in [1.807, 2.05) is 0 Å². The Hall–Kier alpha value is -1.87. The monoisotopic (exact) mass is 316 g/mol. The number of amides is 1. The molecule has 9 heteroatoms. The second-order valence-corrected chi connectivity index (χ2v) is 7.22. The van der Waals surface area contributed by atoms with E-state index in [-0.39, 0.29) is 10.7 Å². The summed E-state index contributed by atoms with van der Waals surface area (Å²) in [5, 5.41) is 11.2. The Bertz CT molecular complexity index is 672. The van der Waals surface area contributed by atoms with Gasteiger partial charge in [-0.1, -0.05) is 0 Å². The highest BCUT2D eigenvalue weighted by Gasteiger charge is 2.46. The van der Waals surface area contributed by atoms with Gasteiger partial charge in [-0.25, -0.2) is 17.5 Å². The van der Waals surface area contributed by atoms with Crippen molar-refractivity contribution in [3.8, 4) is 0 Å². The Kier molecular flexibility index (Phi) is 3.81. The number of carboxylic acids is 1. The van der Waals surface area contributed by atoms with E-state index in [0.29, 0.717) is 12.8 Å². The van der Waals surface area contributed by atoms with Crippen molar-refractivity contribution < 1.29 is 27.5 Å². The van der Waals surface area contributed by atoms with Gasteiger partial charge in [0.1, 0.15) is 11.8 Å². The predicted molar refractivity (Wildman–Crippen MR) is 71.3 cm³/mol. The lowest BCUT2D eigenvalue weighted by atomic mass is 9.76. The Labute approximate surface area is 121 Å². The fourth-order valence-electron chi connectivity index (χ4n) is 1.96. The molecule has 1 amide bonds. The number of carboxylic acid groups (broad SMARTS) is 1. The van der Waals surface area contributed by atoms with E-state index in [2.05, 4.69) is 5.32 Å². The quantitative estimate of drug-likeness (QED) is 0.805. The fraction of sp³-hybridized carbons (Fsp3) is 0.500. The number of rotatable bonds is 5. The molecule has 1 heterocycles. The first-order chi connectivity index (χ1) is 9.69. The maximum absolute atomic E-state index is 12.0. The van der Waals surface area contributed by atoms with Crippen LogP contribution in [0.15, 0.2) is 21.8 Å². The van der Waals surface area contributed by atoms with Crippen molar-refractivity contribution >= 4 is 21.9 Å². The van der Waals surface area contributed by atoms with Crippen LogP contribution in [0.2, 0.25) is 0 Å². The lowest BCUT2D eigenvalue weighted by molar-refractivity contribution is -0.148. The molecule has 0 saturated heterocycles. The van der Waals surface area contributed by atoms with Crippen LogP contribution in [0, 0.1) is 0 Å². The standard InChI is InChI=1S/C12H16N2O6S/c1-14(2)21(18,19)9-6-8(7-20-9)10(15)13-12(11(16)17)4-3-5-12/h6-7H,3-5H2,1-2H3,(H,13,15)(H,16,17). The third-order valence-electron chi connectivity index (χ3n) is 3.54. The van der Waals surface area contributed by atoms with Gasteiger partial charge in [0, 0.05) is 20.2 Å². The molecule has 1 aliphatic rings. The van der Waals surface area contributed by atoms with Crippen LogP contribution in [0.5, 0.6) is 0 Å². The number of carbonyl (C=O) groups excluding carboxylic acids is 1. The average Bonchev–Trinajstić information content (AvgIpc) is 2.82. The average molecular weight is 316 g/mol. The number of aliphatic carboxylic acids is 1. The number of furan rings is 1. The van der Waals surface area contributed by atoms with Crippen molar-refractivity contribution in [1.82, 2.24) is 9.62 Å². The molecule has 2 N–H and O–H groups in total. The molecule has 0 bridgehead atoms. The summed E-state index contributed by atoms with van der Waals surface area (Å²) < 4.78 is 29.5. The van der Waals surface area contributed by atoms with Crippen molar-refractivity contribution in [2.45, 2.75) is 29.9 Å².